The van der Waals surface area contributed by atoms with Gasteiger partial charge in [-0.3, -0.25) is 4.79 Å². The van der Waals surface area contributed by atoms with Crippen LogP contribution in [0.1, 0.15) is 13.3 Å². The Labute approximate surface area is 48.1 Å². The molecule has 1 aliphatic carbocycles. The fraction of sp³-hybridized carbons (Fsp3) is 0.667. The van der Waals surface area contributed by atoms with Crippen molar-refractivity contribution in [3.8, 4) is 6.07 Å². The van der Waals surface area contributed by atoms with Gasteiger partial charge in [0.05, 0.1) is 12.0 Å². The van der Waals surface area contributed by atoms with Crippen LogP contribution in [0.4, 0.5) is 0 Å². The van der Waals surface area contributed by atoms with E-state index in [1.54, 1.807) is 6.92 Å². The maximum absolute atomic E-state index is 10.4. The third-order valence-electron chi connectivity index (χ3n) is 1.48. The molecule has 1 rings (SSSR count). The summed E-state index contributed by atoms with van der Waals surface area (Å²) in [7, 11) is 0. The molecular weight excluding hydrogens is 102 g/mol. The number of nitriles is 1. The second kappa shape index (κ2) is 1.59. The monoisotopic (exact) mass is 109 g/mol. The molecule has 0 aromatic rings. The SMILES string of the molecule is CC(=O)C1CC1C#N. The van der Waals surface area contributed by atoms with Crippen LogP contribution in [-0.2, 0) is 4.79 Å². The van der Waals surface area contributed by atoms with E-state index in [0.717, 1.165) is 6.42 Å². The topological polar surface area (TPSA) is 40.9 Å². The average Bonchev–Trinajstić information content (AvgIpc) is 2.42. The zero-order chi connectivity index (χ0) is 6.15. The van der Waals surface area contributed by atoms with E-state index in [1.165, 1.54) is 0 Å². The molecule has 42 valence electrons. The lowest BCUT2D eigenvalue weighted by molar-refractivity contribution is -0.118. The minimum absolute atomic E-state index is 0.0486. The predicted molar refractivity (Wildman–Crippen MR) is 27.9 cm³/mol. The van der Waals surface area contributed by atoms with Crippen LogP contribution >= 0.6 is 0 Å². The third kappa shape index (κ3) is 0.717. The molecular formula is C6H7NO. The van der Waals surface area contributed by atoms with E-state index in [9.17, 15) is 4.79 Å². The number of carbonyl (C=O) groups is 1. The van der Waals surface area contributed by atoms with Crippen LogP contribution in [0.15, 0.2) is 0 Å². The summed E-state index contributed by atoms with van der Waals surface area (Å²) in [6, 6.07) is 2.05. The van der Waals surface area contributed by atoms with Crippen molar-refractivity contribution in [3.63, 3.8) is 0 Å². The molecule has 0 radical (unpaired) electrons. The van der Waals surface area contributed by atoms with Crippen molar-refractivity contribution in [2.45, 2.75) is 13.3 Å². The lowest BCUT2D eigenvalue weighted by Crippen LogP contribution is -1.92. The molecule has 0 bridgehead atoms. The van der Waals surface area contributed by atoms with Crippen LogP contribution in [0.2, 0.25) is 0 Å². The molecule has 0 aromatic heterocycles. The van der Waals surface area contributed by atoms with Crippen LogP contribution in [-0.4, -0.2) is 5.78 Å². The number of carbonyl (C=O) groups excluding carboxylic acids is 1. The van der Waals surface area contributed by atoms with Crippen molar-refractivity contribution in [3.05, 3.63) is 0 Å². The summed E-state index contributed by atoms with van der Waals surface area (Å²) in [5.74, 6) is 0.295. The van der Waals surface area contributed by atoms with E-state index in [-0.39, 0.29) is 17.6 Å². The Kier molecular flexibility index (Phi) is 1.05. The Morgan fingerprint density at radius 3 is 2.62 bits per heavy atom. The van der Waals surface area contributed by atoms with E-state index in [1.807, 2.05) is 6.07 Å². The van der Waals surface area contributed by atoms with Gasteiger partial charge in [-0.05, 0) is 13.3 Å². The third-order valence-corrected chi connectivity index (χ3v) is 1.48. The largest absolute Gasteiger partial charge is 0.300 e. The van der Waals surface area contributed by atoms with Crippen LogP contribution in [0, 0.1) is 23.2 Å². The minimum atomic E-state index is 0.0486. The lowest BCUT2D eigenvalue weighted by atomic mass is 10.2. The number of rotatable bonds is 1. The summed E-state index contributed by atoms with van der Waals surface area (Å²) in [6.45, 7) is 1.54. The van der Waals surface area contributed by atoms with Gasteiger partial charge in [-0.25, -0.2) is 0 Å². The standard InChI is InChI=1S/C6H7NO/c1-4(8)6-2-5(6)3-7/h5-6H,2H2,1H3. The summed E-state index contributed by atoms with van der Waals surface area (Å²) in [6.07, 6.45) is 0.797. The number of ketones is 1. The van der Waals surface area contributed by atoms with Gasteiger partial charge in [-0.1, -0.05) is 0 Å². The predicted octanol–water partition coefficient (Wildman–Crippen LogP) is 0.735. The molecule has 0 aliphatic heterocycles. The number of hydrogen-bond acceptors (Lipinski definition) is 2. The lowest BCUT2D eigenvalue weighted by Gasteiger charge is -1.79. The molecule has 0 amide bonds. The minimum Gasteiger partial charge on any atom is -0.300 e. The first kappa shape index (κ1) is 5.30. The van der Waals surface area contributed by atoms with Gasteiger partial charge in [0.25, 0.3) is 0 Å². The number of nitrogens with zero attached hydrogens (tertiary/aromatic N) is 1. The molecule has 2 atom stereocenters. The Balaban J connectivity index is 2.40. The quantitative estimate of drug-likeness (QED) is 0.498. The van der Waals surface area contributed by atoms with Crippen molar-refractivity contribution in [1.29, 1.82) is 5.26 Å². The molecule has 2 nitrogen and oxygen atoms in total. The first-order chi connectivity index (χ1) is 3.75. The summed E-state index contributed by atoms with van der Waals surface area (Å²) in [5, 5.41) is 8.22. The average molecular weight is 109 g/mol. The highest BCUT2D eigenvalue weighted by Crippen LogP contribution is 2.37. The summed E-state index contributed by atoms with van der Waals surface area (Å²) in [5.41, 5.74) is 0. The molecule has 1 fully saturated rings. The van der Waals surface area contributed by atoms with Crippen molar-refractivity contribution in [2.75, 3.05) is 0 Å². The van der Waals surface area contributed by atoms with E-state index < -0.39 is 0 Å². The Hall–Kier alpha value is -0.840. The van der Waals surface area contributed by atoms with Gasteiger partial charge >= 0.3 is 0 Å². The number of hydrogen-bond donors (Lipinski definition) is 0. The Bertz CT molecular complexity index is 156. The van der Waals surface area contributed by atoms with E-state index in [2.05, 4.69) is 0 Å². The zero-order valence-electron chi connectivity index (χ0n) is 4.72. The van der Waals surface area contributed by atoms with Gasteiger partial charge in [-0.2, -0.15) is 5.26 Å². The number of Topliss-reactive ketones (excluding diaryl/α,β-unsaturated/α-hetero) is 1. The van der Waals surface area contributed by atoms with Crippen LogP contribution in [0.25, 0.3) is 0 Å². The molecule has 0 heterocycles. The van der Waals surface area contributed by atoms with E-state index in [4.69, 9.17) is 5.26 Å². The normalized spacial score (nSPS) is 33.5. The smallest absolute Gasteiger partial charge is 0.134 e. The van der Waals surface area contributed by atoms with E-state index in [0.29, 0.717) is 0 Å². The van der Waals surface area contributed by atoms with Gasteiger partial charge in [0.15, 0.2) is 0 Å². The van der Waals surface area contributed by atoms with Crippen LogP contribution < -0.4 is 0 Å². The first-order valence-corrected chi connectivity index (χ1v) is 2.65. The maximum Gasteiger partial charge on any atom is 0.134 e. The summed E-state index contributed by atoms with van der Waals surface area (Å²) < 4.78 is 0. The van der Waals surface area contributed by atoms with Crippen molar-refractivity contribution in [2.24, 2.45) is 11.8 Å². The Morgan fingerprint density at radius 2 is 2.50 bits per heavy atom. The summed E-state index contributed by atoms with van der Waals surface area (Å²) >= 11 is 0. The van der Waals surface area contributed by atoms with Gasteiger partial charge in [0.2, 0.25) is 0 Å². The first-order valence-electron chi connectivity index (χ1n) is 2.65. The fourth-order valence-corrected chi connectivity index (χ4v) is 0.787. The zero-order valence-corrected chi connectivity index (χ0v) is 4.72. The highest BCUT2D eigenvalue weighted by molar-refractivity contribution is 5.81. The van der Waals surface area contributed by atoms with Gasteiger partial charge in [0.1, 0.15) is 5.78 Å². The van der Waals surface area contributed by atoms with Crippen molar-refractivity contribution < 1.29 is 4.79 Å². The fourth-order valence-electron chi connectivity index (χ4n) is 0.787. The van der Waals surface area contributed by atoms with E-state index >= 15 is 0 Å². The molecule has 8 heavy (non-hydrogen) atoms. The molecule has 0 saturated heterocycles. The van der Waals surface area contributed by atoms with Gasteiger partial charge < -0.3 is 0 Å². The van der Waals surface area contributed by atoms with Gasteiger partial charge in [-0.15, -0.1) is 0 Å². The highest BCUT2D eigenvalue weighted by atomic mass is 16.1. The summed E-state index contributed by atoms with van der Waals surface area (Å²) in [4.78, 5) is 10.4. The molecule has 1 saturated carbocycles. The van der Waals surface area contributed by atoms with Gasteiger partial charge in [0, 0.05) is 5.92 Å². The second-order valence-corrected chi connectivity index (χ2v) is 2.19. The Morgan fingerprint density at radius 1 is 1.88 bits per heavy atom. The molecule has 0 N–H and O–H groups in total. The second-order valence-electron chi connectivity index (χ2n) is 2.19. The molecule has 2 unspecified atom stereocenters. The highest BCUT2D eigenvalue weighted by Gasteiger charge is 2.40. The van der Waals surface area contributed by atoms with Crippen LogP contribution in [0.3, 0.4) is 0 Å². The molecule has 2 heteroatoms. The van der Waals surface area contributed by atoms with Crippen molar-refractivity contribution >= 4 is 5.78 Å². The molecule has 0 spiro atoms. The van der Waals surface area contributed by atoms with Crippen molar-refractivity contribution in [1.82, 2.24) is 0 Å². The molecule has 1 aliphatic rings. The molecule has 0 aromatic carbocycles. The maximum atomic E-state index is 10.4. The van der Waals surface area contributed by atoms with Crippen LogP contribution in [0.5, 0.6) is 0 Å².